The van der Waals surface area contributed by atoms with Gasteiger partial charge in [-0.15, -0.1) is 0 Å². The second-order valence-electron chi connectivity index (χ2n) is 3.69. The Morgan fingerprint density at radius 1 is 1.21 bits per heavy atom. The first kappa shape index (κ1) is 9.16. The van der Waals surface area contributed by atoms with Crippen LogP contribution in [0.2, 0.25) is 0 Å². The van der Waals surface area contributed by atoms with Gasteiger partial charge in [-0.1, -0.05) is 18.2 Å². The molecular weight excluding hydrogens is 172 g/mol. The molecule has 14 heavy (non-hydrogen) atoms. The average molecular weight is 186 g/mol. The van der Waals surface area contributed by atoms with Crippen molar-refractivity contribution in [2.24, 2.45) is 5.73 Å². The van der Waals surface area contributed by atoms with Crippen LogP contribution >= 0.6 is 0 Å². The molecule has 1 aromatic heterocycles. The van der Waals surface area contributed by atoms with E-state index in [-0.39, 0.29) is 6.04 Å². The van der Waals surface area contributed by atoms with E-state index < -0.39 is 0 Å². The summed E-state index contributed by atoms with van der Waals surface area (Å²) in [4.78, 5) is 4.46. The van der Waals surface area contributed by atoms with Gasteiger partial charge < -0.3 is 5.73 Å². The molecule has 1 atom stereocenters. The van der Waals surface area contributed by atoms with Crippen molar-refractivity contribution in [2.75, 3.05) is 0 Å². The van der Waals surface area contributed by atoms with Crippen LogP contribution in [0.4, 0.5) is 0 Å². The molecule has 0 radical (unpaired) electrons. The van der Waals surface area contributed by atoms with E-state index in [0.717, 1.165) is 16.8 Å². The third-order valence-corrected chi connectivity index (χ3v) is 2.38. The van der Waals surface area contributed by atoms with Crippen LogP contribution in [0.1, 0.15) is 24.2 Å². The molecule has 0 bridgehead atoms. The molecule has 1 heterocycles. The lowest BCUT2D eigenvalue weighted by Crippen LogP contribution is -2.04. The number of pyridine rings is 1. The van der Waals surface area contributed by atoms with Gasteiger partial charge in [0, 0.05) is 17.1 Å². The molecule has 0 fully saturated rings. The summed E-state index contributed by atoms with van der Waals surface area (Å²) in [6.07, 6.45) is 0. The topological polar surface area (TPSA) is 38.9 Å². The van der Waals surface area contributed by atoms with Crippen molar-refractivity contribution < 1.29 is 0 Å². The lowest BCUT2D eigenvalue weighted by Gasteiger charge is -2.06. The number of hydrogen-bond donors (Lipinski definition) is 1. The molecule has 72 valence electrons. The highest BCUT2D eigenvalue weighted by atomic mass is 14.7. The van der Waals surface area contributed by atoms with Gasteiger partial charge in [-0.25, -0.2) is 0 Å². The molecule has 2 aromatic rings. The summed E-state index contributed by atoms with van der Waals surface area (Å²) >= 11 is 0. The lowest BCUT2D eigenvalue weighted by molar-refractivity contribution is 0.819. The van der Waals surface area contributed by atoms with Gasteiger partial charge >= 0.3 is 0 Å². The van der Waals surface area contributed by atoms with Crippen molar-refractivity contribution in [3.63, 3.8) is 0 Å². The van der Waals surface area contributed by atoms with E-state index in [4.69, 9.17) is 5.73 Å². The SMILES string of the molecule is Cc1ccc2ccc(C(C)N)cc2n1. The Labute approximate surface area is 83.8 Å². The molecule has 0 aliphatic heterocycles. The molecule has 0 aliphatic rings. The summed E-state index contributed by atoms with van der Waals surface area (Å²) < 4.78 is 0. The maximum Gasteiger partial charge on any atom is 0.0708 e. The minimum Gasteiger partial charge on any atom is -0.324 e. The maximum absolute atomic E-state index is 5.82. The molecule has 0 aliphatic carbocycles. The molecule has 2 heteroatoms. The standard InChI is InChI=1S/C12H14N2/c1-8-3-4-10-5-6-11(9(2)13)7-12(10)14-8/h3-7,9H,13H2,1-2H3. The molecule has 2 nitrogen and oxygen atoms in total. The third kappa shape index (κ3) is 1.61. The molecule has 0 spiro atoms. The predicted octanol–water partition coefficient (Wildman–Crippen LogP) is 2.56. The van der Waals surface area contributed by atoms with E-state index in [9.17, 15) is 0 Å². The fourth-order valence-corrected chi connectivity index (χ4v) is 1.52. The molecule has 0 saturated carbocycles. The summed E-state index contributed by atoms with van der Waals surface area (Å²) in [5.74, 6) is 0. The van der Waals surface area contributed by atoms with E-state index in [0.29, 0.717) is 0 Å². The molecular formula is C12H14N2. The van der Waals surface area contributed by atoms with E-state index in [1.165, 1.54) is 5.39 Å². The Morgan fingerprint density at radius 2 is 1.93 bits per heavy atom. The minimum absolute atomic E-state index is 0.0710. The summed E-state index contributed by atoms with van der Waals surface area (Å²) in [6, 6.07) is 10.4. The first-order chi connectivity index (χ1) is 6.66. The van der Waals surface area contributed by atoms with Gasteiger partial charge in [-0.05, 0) is 31.5 Å². The fraction of sp³-hybridized carbons (Fsp3) is 0.250. The van der Waals surface area contributed by atoms with Gasteiger partial charge in [0.05, 0.1) is 5.52 Å². The number of fused-ring (bicyclic) bond motifs is 1. The molecule has 0 saturated heterocycles. The summed E-state index contributed by atoms with van der Waals surface area (Å²) in [6.45, 7) is 3.98. The largest absolute Gasteiger partial charge is 0.324 e. The summed E-state index contributed by atoms with van der Waals surface area (Å²) in [7, 11) is 0. The highest BCUT2D eigenvalue weighted by molar-refractivity contribution is 5.79. The highest BCUT2D eigenvalue weighted by Crippen LogP contribution is 2.17. The molecule has 2 N–H and O–H groups in total. The first-order valence-electron chi connectivity index (χ1n) is 4.80. The highest BCUT2D eigenvalue weighted by Gasteiger charge is 2.01. The predicted molar refractivity (Wildman–Crippen MR) is 59.1 cm³/mol. The zero-order chi connectivity index (χ0) is 10.1. The quantitative estimate of drug-likeness (QED) is 0.743. The Kier molecular flexibility index (Phi) is 2.22. The molecule has 2 rings (SSSR count). The molecule has 0 amide bonds. The van der Waals surface area contributed by atoms with Crippen LogP contribution in [0.15, 0.2) is 30.3 Å². The summed E-state index contributed by atoms with van der Waals surface area (Å²) in [5.41, 5.74) is 9.02. The number of rotatable bonds is 1. The van der Waals surface area contributed by atoms with Crippen molar-refractivity contribution >= 4 is 10.9 Å². The van der Waals surface area contributed by atoms with Gasteiger partial charge in [-0.3, -0.25) is 4.98 Å². The Balaban J connectivity index is 2.63. The maximum atomic E-state index is 5.82. The van der Waals surface area contributed by atoms with E-state index in [1.54, 1.807) is 0 Å². The van der Waals surface area contributed by atoms with Crippen LogP contribution in [0.5, 0.6) is 0 Å². The number of nitrogens with zero attached hydrogens (tertiary/aromatic N) is 1. The zero-order valence-electron chi connectivity index (χ0n) is 8.49. The Bertz CT molecular complexity index is 461. The van der Waals surface area contributed by atoms with Gasteiger partial charge in [0.1, 0.15) is 0 Å². The van der Waals surface area contributed by atoms with E-state index >= 15 is 0 Å². The van der Waals surface area contributed by atoms with E-state index in [1.807, 2.05) is 19.9 Å². The normalized spacial score (nSPS) is 13.1. The number of aromatic nitrogens is 1. The van der Waals surface area contributed by atoms with Crippen molar-refractivity contribution in [1.82, 2.24) is 4.98 Å². The van der Waals surface area contributed by atoms with Gasteiger partial charge in [-0.2, -0.15) is 0 Å². The van der Waals surface area contributed by atoms with Gasteiger partial charge in [0.25, 0.3) is 0 Å². The van der Waals surface area contributed by atoms with E-state index in [2.05, 4.69) is 29.2 Å². The van der Waals surface area contributed by atoms with Crippen LogP contribution in [-0.4, -0.2) is 4.98 Å². The van der Waals surface area contributed by atoms with Crippen molar-refractivity contribution in [3.8, 4) is 0 Å². The smallest absolute Gasteiger partial charge is 0.0708 e. The minimum atomic E-state index is 0.0710. The van der Waals surface area contributed by atoms with Crippen LogP contribution in [0.3, 0.4) is 0 Å². The second kappa shape index (κ2) is 3.39. The number of benzene rings is 1. The lowest BCUT2D eigenvalue weighted by atomic mass is 10.1. The van der Waals surface area contributed by atoms with Gasteiger partial charge in [0.15, 0.2) is 0 Å². The number of nitrogens with two attached hydrogens (primary N) is 1. The van der Waals surface area contributed by atoms with Crippen molar-refractivity contribution in [3.05, 3.63) is 41.6 Å². The third-order valence-electron chi connectivity index (χ3n) is 2.38. The molecule has 1 aromatic carbocycles. The monoisotopic (exact) mass is 186 g/mol. The Hall–Kier alpha value is -1.41. The van der Waals surface area contributed by atoms with Crippen LogP contribution in [-0.2, 0) is 0 Å². The Morgan fingerprint density at radius 3 is 2.64 bits per heavy atom. The van der Waals surface area contributed by atoms with Crippen LogP contribution < -0.4 is 5.73 Å². The fourth-order valence-electron chi connectivity index (χ4n) is 1.52. The average Bonchev–Trinajstić information content (AvgIpc) is 2.16. The first-order valence-corrected chi connectivity index (χ1v) is 4.80. The number of aryl methyl sites for hydroxylation is 1. The number of hydrogen-bond acceptors (Lipinski definition) is 2. The zero-order valence-corrected chi connectivity index (χ0v) is 8.49. The molecule has 1 unspecified atom stereocenters. The van der Waals surface area contributed by atoms with Crippen molar-refractivity contribution in [2.45, 2.75) is 19.9 Å². The van der Waals surface area contributed by atoms with Gasteiger partial charge in [0.2, 0.25) is 0 Å². The van der Waals surface area contributed by atoms with Crippen LogP contribution in [0, 0.1) is 6.92 Å². The summed E-state index contributed by atoms with van der Waals surface area (Å²) in [5, 5.41) is 1.17. The van der Waals surface area contributed by atoms with Crippen molar-refractivity contribution in [1.29, 1.82) is 0 Å². The second-order valence-corrected chi connectivity index (χ2v) is 3.69. The van der Waals surface area contributed by atoms with Crippen LogP contribution in [0.25, 0.3) is 10.9 Å².